The molecule has 3 aromatic rings. The van der Waals surface area contributed by atoms with Crippen LogP contribution in [-0.2, 0) is 5.88 Å². The van der Waals surface area contributed by atoms with Crippen LogP contribution in [0.15, 0.2) is 42.6 Å². The maximum absolute atomic E-state index is 13.7. The Labute approximate surface area is 113 Å². The monoisotopic (exact) mass is 277 g/mol. The largest absolute Gasteiger partial charge is 0.244 e. The van der Waals surface area contributed by atoms with Gasteiger partial charge in [-0.25, -0.2) is 9.37 Å². The van der Waals surface area contributed by atoms with Crippen LogP contribution in [0.3, 0.4) is 0 Å². The third-order valence-corrected chi connectivity index (χ3v) is 4.26. The lowest BCUT2D eigenvalue weighted by Crippen LogP contribution is -1.83. The Kier molecular flexibility index (Phi) is 3.02. The number of hydrogen-bond donors (Lipinski definition) is 0. The predicted octanol–water partition coefficient (Wildman–Crippen LogP) is 4.84. The molecular formula is C14H9ClFNS. The normalized spacial score (nSPS) is 11.0. The minimum absolute atomic E-state index is 0.205. The molecule has 0 unspecified atom stereocenters. The van der Waals surface area contributed by atoms with Gasteiger partial charge >= 0.3 is 0 Å². The van der Waals surface area contributed by atoms with E-state index < -0.39 is 0 Å². The van der Waals surface area contributed by atoms with Gasteiger partial charge in [0.15, 0.2) is 0 Å². The summed E-state index contributed by atoms with van der Waals surface area (Å²) in [5.74, 6) is 0.250. The summed E-state index contributed by atoms with van der Waals surface area (Å²) in [5.41, 5.74) is 0.952. The highest BCUT2D eigenvalue weighted by Gasteiger charge is 2.10. The summed E-state index contributed by atoms with van der Waals surface area (Å²) < 4.78 is 13.7. The second-order valence-corrected chi connectivity index (χ2v) is 5.29. The lowest BCUT2D eigenvalue weighted by Gasteiger charge is -2.04. The van der Waals surface area contributed by atoms with Gasteiger partial charge in [-0.2, -0.15) is 0 Å². The van der Waals surface area contributed by atoms with Crippen molar-refractivity contribution in [3.8, 4) is 10.6 Å². The van der Waals surface area contributed by atoms with Gasteiger partial charge in [0.25, 0.3) is 0 Å². The van der Waals surface area contributed by atoms with Gasteiger partial charge in [0.05, 0.1) is 5.88 Å². The fourth-order valence-corrected chi connectivity index (χ4v) is 2.98. The number of rotatable bonds is 2. The van der Waals surface area contributed by atoms with Crippen LogP contribution in [-0.4, -0.2) is 4.98 Å². The van der Waals surface area contributed by atoms with Crippen LogP contribution in [0.1, 0.15) is 4.88 Å². The van der Waals surface area contributed by atoms with Crippen molar-refractivity contribution in [2.24, 2.45) is 0 Å². The third-order valence-electron chi connectivity index (χ3n) is 2.79. The maximum Gasteiger partial charge on any atom is 0.131 e. The number of halogens is 2. The summed E-state index contributed by atoms with van der Waals surface area (Å²) >= 11 is 7.32. The van der Waals surface area contributed by atoms with Crippen molar-refractivity contribution in [2.75, 3.05) is 0 Å². The van der Waals surface area contributed by atoms with E-state index in [9.17, 15) is 4.39 Å². The van der Waals surface area contributed by atoms with Gasteiger partial charge in [-0.15, -0.1) is 22.9 Å². The first-order chi connectivity index (χ1) is 8.79. The highest BCUT2D eigenvalue weighted by atomic mass is 35.5. The van der Waals surface area contributed by atoms with Gasteiger partial charge in [0, 0.05) is 22.0 Å². The molecule has 90 valence electrons. The van der Waals surface area contributed by atoms with E-state index in [4.69, 9.17) is 11.6 Å². The first-order valence-corrected chi connectivity index (χ1v) is 6.83. The molecule has 0 N–H and O–H groups in total. The van der Waals surface area contributed by atoms with Gasteiger partial charge in [0.1, 0.15) is 10.8 Å². The van der Waals surface area contributed by atoms with E-state index >= 15 is 0 Å². The minimum atomic E-state index is -0.205. The van der Waals surface area contributed by atoms with Gasteiger partial charge in [0.2, 0.25) is 0 Å². The number of fused-ring (bicyclic) bond motifs is 1. The highest BCUT2D eigenvalue weighted by molar-refractivity contribution is 7.15. The lowest BCUT2D eigenvalue weighted by atomic mass is 10.0. The summed E-state index contributed by atoms with van der Waals surface area (Å²) in [4.78, 5) is 5.36. The van der Waals surface area contributed by atoms with E-state index in [0.717, 1.165) is 20.8 Å². The summed E-state index contributed by atoms with van der Waals surface area (Å²) in [5, 5.41) is 2.38. The quantitative estimate of drug-likeness (QED) is 0.611. The second kappa shape index (κ2) is 4.67. The molecule has 0 saturated heterocycles. The molecule has 1 aromatic heterocycles. The van der Waals surface area contributed by atoms with Gasteiger partial charge in [-0.3, -0.25) is 0 Å². The SMILES string of the molecule is Fc1ccc(-c2ncc(CCl)s2)c2ccccc12. The topological polar surface area (TPSA) is 12.9 Å². The molecule has 0 fully saturated rings. The highest BCUT2D eigenvalue weighted by Crippen LogP contribution is 2.33. The van der Waals surface area contributed by atoms with Crippen molar-refractivity contribution >= 4 is 33.7 Å². The molecule has 0 radical (unpaired) electrons. The van der Waals surface area contributed by atoms with Crippen molar-refractivity contribution in [3.63, 3.8) is 0 Å². The Morgan fingerprint density at radius 2 is 1.89 bits per heavy atom. The zero-order valence-electron chi connectivity index (χ0n) is 9.36. The van der Waals surface area contributed by atoms with Crippen molar-refractivity contribution < 1.29 is 4.39 Å². The summed E-state index contributed by atoms with van der Waals surface area (Å²) in [6.07, 6.45) is 1.77. The molecule has 1 heterocycles. The standard InChI is InChI=1S/C14H9ClFNS/c15-7-9-8-17-14(18-9)12-5-6-13(16)11-4-2-1-3-10(11)12/h1-6,8H,7H2. The average molecular weight is 278 g/mol. The van der Waals surface area contributed by atoms with E-state index in [1.165, 1.54) is 6.07 Å². The van der Waals surface area contributed by atoms with Crippen molar-refractivity contribution in [3.05, 3.63) is 53.3 Å². The molecule has 0 saturated carbocycles. The molecule has 18 heavy (non-hydrogen) atoms. The Hall–Kier alpha value is -1.45. The number of benzene rings is 2. The fraction of sp³-hybridized carbons (Fsp3) is 0.0714. The average Bonchev–Trinajstić information content (AvgIpc) is 2.88. The van der Waals surface area contributed by atoms with E-state index in [0.29, 0.717) is 11.3 Å². The van der Waals surface area contributed by atoms with Gasteiger partial charge in [-0.05, 0) is 17.5 Å². The molecule has 2 aromatic carbocycles. The number of aromatic nitrogens is 1. The molecule has 0 bridgehead atoms. The summed E-state index contributed by atoms with van der Waals surface area (Å²) in [6.45, 7) is 0. The van der Waals surface area contributed by atoms with E-state index in [2.05, 4.69) is 4.98 Å². The number of nitrogens with zero attached hydrogens (tertiary/aromatic N) is 1. The minimum Gasteiger partial charge on any atom is -0.244 e. The number of thiazole rings is 1. The smallest absolute Gasteiger partial charge is 0.131 e. The first kappa shape index (κ1) is 11.6. The zero-order valence-corrected chi connectivity index (χ0v) is 10.9. The van der Waals surface area contributed by atoms with Crippen molar-refractivity contribution in [1.29, 1.82) is 0 Å². The molecule has 3 rings (SSSR count). The third kappa shape index (κ3) is 1.89. The lowest BCUT2D eigenvalue weighted by molar-refractivity contribution is 0.640. The fourth-order valence-electron chi connectivity index (χ4n) is 1.94. The molecular weight excluding hydrogens is 269 g/mol. The molecule has 1 nitrogen and oxygen atoms in total. The van der Waals surface area contributed by atoms with Crippen molar-refractivity contribution in [2.45, 2.75) is 5.88 Å². The number of alkyl halides is 1. The molecule has 0 aliphatic rings. The maximum atomic E-state index is 13.7. The Morgan fingerprint density at radius 3 is 2.61 bits per heavy atom. The molecule has 0 aliphatic heterocycles. The van der Waals surface area contributed by atoms with Crippen LogP contribution >= 0.6 is 22.9 Å². The number of hydrogen-bond acceptors (Lipinski definition) is 2. The molecule has 0 spiro atoms. The van der Waals surface area contributed by atoms with Crippen LogP contribution < -0.4 is 0 Å². The first-order valence-electron chi connectivity index (χ1n) is 5.48. The van der Waals surface area contributed by atoms with Crippen molar-refractivity contribution in [1.82, 2.24) is 4.98 Å². The Morgan fingerprint density at radius 1 is 1.11 bits per heavy atom. The predicted molar refractivity (Wildman–Crippen MR) is 74.6 cm³/mol. The Bertz CT molecular complexity index is 708. The van der Waals surface area contributed by atoms with Crippen LogP contribution in [0.2, 0.25) is 0 Å². The van der Waals surface area contributed by atoms with E-state index in [1.54, 1.807) is 29.7 Å². The van der Waals surface area contributed by atoms with E-state index in [1.807, 2.05) is 18.2 Å². The Balaban J connectivity index is 2.26. The van der Waals surface area contributed by atoms with Crippen LogP contribution in [0.4, 0.5) is 4.39 Å². The van der Waals surface area contributed by atoms with E-state index in [-0.39, 0.29) is 5.82 Å². The second-order valence-electron chi connectivity index (χ2n) is 3.91. The zero-order chi connectivity index (χ0) is 12.5. The van der Waals surface area contributed by atoms with Crippen LogP contribution in [0.25, 0.3) is 21.3 Å². The summed E-state index contributed by atoms with van der Waals surface area (Å²) in [7, 11) is 0. The van der Waals surface area contributed by atoms with Gasteiger partial charge < -0.3 is 0 Å². The summed E-state index contributed by atoms with van der Waals surface area (Å²) in [6, 6.07) is 10.7. The molecule has 0 atom stereocenters. The van der Waals surface area contributed by atoms with Crippen LogP contribution in [0.5, 0.6) is 0 Å². The molecule has 4 heteroatoms. The van der Waals surface area contributed by atoms with Crippen LogP contribution in [0, 0.1) is 5.82 Å². The molecule has 0 aliphatic carbocycles. The molecule has 0 amide bonds. The van der Waals surface area contributed by atoms with Gasteiger partial charge in [-0.1, -0.05) is 24.3 Å².